The Hall–Kier alpha value is -2.47. The standard InChI is InChI=1S/C15H13N3O2S/c1-9-3-4-11(7-10(9)2)17-13(19)12-8-16-15-18(14(12)20)5-6-21-15/h3-8H,1-2H3,(H,17,19). The zero-order chi connectivity index (χ0) is 15.0. The number of amides is 1. The van der Waals surface area contributed by atoms with Gasteiger partial charge in [-0.2, -0.15) is 0 Å². The molecule has 0 aliphatic carbocycles. The normalized spacial score (nSPS) is 10.8. The van der Waals surface area contributed by atoms with Crippen molar-refractivity contribution in [3.05, 3.63) is 63.0 Å². The van der Waals surface area contributed by atoms with Crippen LogP contribution in [0.5, 0.6) is 0 Å². The number of aromatic nitrogens is 2. The molecule has 1 amide bonds. The van der Waals surface area contributed by atoms with E-state index in [-0.39, 0.29) is 11.1 Å². The number of nitrogens with zero attached hydrogens (tertiary/aromatic N) is 2. The summed E-state index contributed by atoms with van der Waals surface area (Å²) < 4.78 is 1.37. The summed E-state index contributed by atoms with van der Waals surface area (Å²) in [7, 11) is 0. The molecule has 106 valence electrons. The van der Waals surface area contributed by atoms with E-state index in [9.17, 15) is 9.59 Å². The molecule has 0 aliphatic rings. The molecule has 6 heteroatoms. The molecule has 0 aliphatic heterocycles. The van der Waals surface area contributed by atoms with Crippen molar-refractivity contribution in [2.24, 2.45) is 0 Å². The predicted molar refractivity (Wildman–Crippen MR) is 83.2 cm³/mol. The Balaban J connectivity index is 1.95. The minimum atomic E-state index is -0.448. The SMILES string of the molecule is Cc1ccc(NC(=O)c2cnc3sccn3c2=O)cc1C. The molecule has 0 atom stereocenters. The van der Waals surface area contributed by atoms with Crippen molar-refractivity contribution in [3.63, 3.8) is 0 Å². The van der Waals surface area contributed by atoms with Crippen LogP contribution in [0.1, 0.15) is 21.5 Å². The number of carbonyl (C=O) groups is 1. The summed E-state index contributed by atoms with van der Waals surface area (Å²) in [6.07, 6.45) is 2.94. The van der Waals surface area contributed by atoms with Gasteiger partial charge in [-0.15, -0.1) is 11.3 Å². The average molecular weight is 299 g/mol. The minimum absolute atomic E-state index is 0.0316. The molecule has 0 unspecified atom stereocenters. The summed E-state index contributed by atoms with van der Waals surface area (Å²) in [4.78, 5) is 29.1. The molecular weight excluding hydrogens is 286 g/mol. The summed E-state index contributed by atoms with van der Waals surface area (Å²) in [6.45, 7) is 3.97. The summed E-state index contributed by atoms with van der Waals surface area (Å²) >= 11 is 1.35. The van der Waals surface area contributed by atoms with Crippen LogP contribution in [-0.4, -0.2) is 15.3 Å². The number of carbonyl (C=O) groups excluding carboxylic acids is 1. The van der Waals surface area contributed by atoms with Crippen LogP contribution in [0.15, 0.2) is 40.8 Å². The molecule has 1 N–H and O–H groups in total. The molecule has 0 radical (unpaired) electrons. The molecule has 0 saturated carbocycles. The summed E-state index contributed by atoms with van der Waals surface area (Å²) in [5, 5.41) is 4.49. The second-order valence-corrected chi connectivity index (χ2v) is 5.66. The third-order valence-electron chi connectivity index (χ3n) is 3.35. The number of thiazole rings is 1. The Kier molecular flexibility index (Phi) is 3.31. The number of aryl methyl sites for hydroxylation is 2. The van der Waals surface area contributed by atoms with E-state index < -0.39 is 5.91 Å². The number of hydrogen-bond acceptors (Lipinski definition) is 4. The zero-order valence-electron chi connectivity index (χ0n) is 11.6. The molecule has 0 spiro atoms. The Morgan fingerprint density at radius 2 is 2.10 bits per heavy atom. The van der Waals surface area contributed by atoms with E-state index >= 15 is 0 Å². The first-order chi connectivity index (χ1) is 10.1. The lowest BCUT2D eigenvalue weighted by atomic mass is 10.1. The third kappa shape index (κ3) is 2.45. The van der Waals surface area contributed by atoms with E-state index in [1.54, 1.807) is 11.6 Å². The van der Waals surface area contributed by atoms with Gasteiger partial charge in [-0.3, -0.25) is 14.0 Å². The van der Waals surface area contributed by atoms with Gasteiger partial charge in [0.15, 0.2) is 4.96 Å². The zero-order valence-corrected chi connectivity index (χ0v) is 12.4. The average Bonchev–Trinajstić information content (AvgIpc) is 2.92. The summed E-state index contributed by atoms with van der Waals surface area (Å²) in [6, 6.07) is 5.62. The topological polar surface area (TPSA) is 63.5 Å². The first-order valence-corrected chi connectivity index (χ1v) is 7.27. The van der Waals surface area contributed by atoms with Crippen molar-refractivity contribution < 1.29 is 4.79 Å². The molecule has 2 heterocycles. The minimum Gasteiger partial charge on any atom is -0.322 e. The van der Waals surface area contributed by atoms with Gasteiger partial charge < -0.3 is 5.32 Å². The van der Waals surface area contributed by atoms with Gasteiger partial charge in [0.05, 0.1) is 0 Å². The molecule has 2 aromatic heterocycles. The fourth-order valence-electron chi connectivity index (χ4n) is 2.00. The van der Waals surface area contributed by atoms with Gasteiger partial charge >= 0.3 is 0 Å². The quantitative estimate of drug-likeness (QED) is 0.791. The van der Waals surface area contributed by atoms with E-state index in [1.807, 2.05) is 32.0 Å². The number of fused-ring (bicyclic) bond motifs is 1. The maximum Gasteiger partial charge on any atom is 0.271 e. The van der Waals surface area contributed by atoms with Gasteiger partial charge in [-0.05, 0) is 37.1 Å². The van der Waals surface area contributed by atoms with Crippen LogP contribution in [0.3, 0.4) is 0 Å². The van der Waals surface area contributed by atoms with Crippen LogP contribution in [0.4, 0.5) is 5.69 Å². The molecule has 1 aromatic carbocycles. The highest BCUT2D eigenvalue weighted by atomic mass is 32.1. The van der Waals surface area contributed by atoms with E-state index in [2.05, 4.69) is 10.3 Å². The second kappa shape index (κ2) is 5.14. The third-order valence-corrected chi connectivity index (χ3v) is 4.12. The Bertz CT molecular complexity index is 895. The van der Waals surface area contributed by atoms with Gasteiger partial charge in [0.2, 0.25) is 0 Å². The molecule has 0 saturated heterocycles. The van der Waals surface area contributed by atoms with E-state index in [1.165, 1.54) is 21.9 Å². The molecule has 5 nitrogen and oxygen atoms in total. The first kappa shape index (κ1) is 13.5. The van der Waals surface area contributed by atoms with Crippen molar-refractivity contribution >= 4 is 27.9 Å². The predicted octanol–water partition coefficient (Wildman–Crippen LogP) is 2.63. The lowest BCUT2D eigenvalue weighted by Crippen LogP contribution is -2.25. The smallest absolute Gasteiger partial charge is 0.271 e. The van der Waals surface area contributed by atoms with Gasteiger partial charge in [-0.25, -0.2) is 4.98 Å². The summed E-state index contributed by atoms with van der Waals surface area (Å²) in [5.74, 6) is -0.448. The monoisotopic (exact) mass is 299 g/mol. The first-order valence-electron chi connectivity index (χ1n) is 6.40. The highest BCUT2D eigenvalue weighted by Crippen LogP contribution is 2.15. The van der Waals surface area contributed by atoms with Crippen LogP contribution in [0.25, 0.3) is 4.96 Å². The van der Waals surface area contributed by atoms with Crippen LogP contribution < -0.4 is 10.9 Å². The van der Waals surface area contributed by atoms with Crippen LogP contribution in [0.2, 0.25) is 0 Å². The number of rotatable bonds is 2. The second-order valence-electron chi connectivity index (χ2n) is 4.79. The molecule has 0 fully saturated rings. The molecule has 3 aromatic rings. The van der Waals surface area contributed by atoms with Crippen LogP contribution >= 0.6 is 11.3 Å². The molecule has 0 bridgehead atoms. The maximum atomic E-state index is 12.2. The van der Waals surface area contributed by atoms with Crippen molar-refractivity contribution in [3.8, 4) is 0 Å². The van der Waals surface area contributed by atoms with Gasteiger partial charge in [0.1, 0.15) is 5.56 Å². The Morgan fingerprint density at radius 1 is 1.29 bits per heavy atom. The summed E-state index contributed by atoms with van der Waals surface area (Å²) in [5.41, 5.74) is 2.56. The number of anilines is 1. The van der Waals surface area contributed by atoms with Gasteiger partial charge in [-0.1, -0.05) is 6.07 Å². The van der Waals surface area contributed by atoms with Gasteiger partial charge in [0.25, 0.3) is 11.5 Å². The van der Waals surface area contributed by atoms with E-state index in [4.69, 9.17) is 0 Å². The largest absolute Gasteiger partial charge is 0.322 e. The Morgan fingerprint density at radius 3 is 2.86 bits per heavy atom. The van der Waals surface area contributed by atoms with Crippen LogP contribution in [0, 0.1) is 13.8 Å². The van der Waals surface area contributed by atoms with Crippen molar-refractivity contribution in [2.75, 3.05) is 5.32 Å². The van der Waals surface area contributed by atoms with Crippen molar-refractivity contribution in [1.29, 1.82) is 0 Å². The molecular formula is C15H13N3O2S. The maximum absolute atomic E-state index is 12.2. The molecule has 3 rings (SSSR count). The lowest BCUT2D eigenvalue weighted by molar-refractivity contribution is 0.102. The van der Waals surface area contributed by atoms with Gasteiger partial charge in [0, 0.05) is 23.5 Å². The fourth-order valence-corrected chi connectivity index (χ4v) is 2.67. The highest BCUT2D eigenvalue weighted by Gasteiger charge is 2.14. The number of hydrogen-bond donors (Lipinski definition) is 1. The fraction of sp³-hybridized carbons (Fsp3) is 0.133. The van der Waals surface area contributed by atoms with Crippen molar-refractivity contribution in [2.45, 2.75) is 13.8 Å². The molecule has 21 heavy (non-hydrogen) atoms. The Labute approximate surface area is 124 Å². The van der Waals surface area contributed by atoms with Crippen LogP contribution in [-0.2, 0) is 0 Å². The van der Waals surface area contributed by atoms with Crippen molar-refractivity contribution in [1.82, 2.24) is 9.38 Å². The number of nitrogens with one attached hydrogen (secondary N) is 1. The van der Waals surface area contributed by atoms with E-state index in [0.717, 1.165) is 11.1 Å². The number of benzene rings is 1. The highest BCUT2D eigenvalue weighted by molar-refractivity contribution is 7.15. The lowest BCUT2D eigenvalue weighted by Gasteiger charge is -2.07. The van der Waals surface area contributed by atoms with E-state index in [0.29, 0.717) is 10.6 Å².